The average Bonchev–Trinajstić information content (AvgIpc) is 2.83. The molecule has 2 rings (SSSR count). The number of benzene rings is 2. The first-order chi connectivity index (χ1) is 16.1. The smallest absolute Gasteiger partial charge is 0.333 e. The van der Waals surface area contributed by atoms with Crippen molar-refractivity contribution < 1.29 is 19.0 Å². The number of nitrogens with zero attached hydrogens (tertiary/aromatic N) is 2. The number of ether oxygens (including phenoxy) is 3. The highest BCUT2D eigenvalue weighted by molar-refractivity contribution is 5.86. The predicted octanol–water partition coefficient (Wildman–Crippen LogP) is 7.51. The Labute approximate surface area is 197 Å². The highest BCUT2D eigenvalue weighted by Gasteiger charge is 2.02. The normalized spacial score (nSPS) is 10.7. The van der Waals surface area contributed by atoms with Gasteiger partial charge in [0.2, 0.25) is 0 Å². The van der Waals surface area contributed by atoms with Crippen molar-refractivity contribution in [2.24, 2.45) is 10.2 Å². The maximum atomic E-state index is 11.3. The lowest BCUT2D eigenvalue weighted by molar-refractivity contribution is -0.139. The predicted molar refractivity (Wildman–Crippen MR) is 132 cm³/mol. The molecule has 176 valence electrons. The highest BCUT2D eigenvalue weighted by atomic mass is 16.5. The average molecular weight is 451 g/mol. The van der Waals surface area contributed by atoms with E-state index in [9.17, 15) is 4.79 Å². The van der Waals surface area contributed by atoms with E-state index in [1.54, 1.807) is 6.92 Å². The lowest BCUT2D eigenvalue weighted by Gasteiger charge is -2.07. The number of unbranched alkanes of at least 4 members (excludes halogenated alkanes) is 4. The van der Waals surface area contributed by atoms with Gasteiger partial charge >= 0.3 is 5.97 Å². The second-order valence-corrected chi connectivity index (χ2v) is 7.65. The van der Waals surface area contributed by atoms with Crippen molar-refractivity contribution in [3.8, 4) is 11.5 Å². The topological polar surface area (TPSA) is 69.5 Å². The summed E-state index contributed by atoms with van der Waals surface area (Å²) in [5.41, 5.74) is 1.95. The van der Waals surface area contributed by atoms with Crippen LogP contribution in [0.1, 0.15) is 45.4 Å². The third-order valence-electron chi connectivity index (χ3n) is 4.66. The van der Waals surface area contributed by atoms with E-state index in [2.05, 4.69) is 23.4 Å². The van der Waals surface area contributed by atoms with E-state index in [1.807, 2.05) is 54.6 Å². The lowest BCUT2D eigenvalue weighted by atomic mass is 10.2. The first kappa shape index (κ1) is 25.8. The molecule has 6 nitrogen and oxygen atoms in total. The van der Waals surface area contributed by atoms with E-state index < -0.39 is 0 Å². The van der Waals surface area contributed by atoms with Gasteiger partial charge in [-0.3, -0.25) is 0 Å². The van der Waals surface area contributed by atoms with Crippen LogP contribution in [0, 0.1) is 0 Å². The second kappa shape index (κ2) is 15.4. The Morgan fingerprint density at radius 2 is 1.27 bits per heavy atom. The van der Waals surface area contributed by atoms with Crippen molar-refractivity contribution in [3.05, 3.63) is 73.3 Å². The molecule has 0 heterocycles. The Hall–Kier alpha value is -3.41. The number of allylic oxidation sites excluding steroid dienone is 1. The molecule has 0 N–H and O–H groups in total. The minimum Gasteiger partial charge on any atom is -0.494 e. The third kappa shape index (κ3) is 11.1. The number of azo groups is 1. The molecule has 0 radical (unpaired) electrons. The molecular formula is C27H34N2O4. The SMILES string of the molecule is C=CCCCCOc1ccc(N=Nc2ccc(OCCCCCOC(=O)C(=C)C)cc2)cc1. The lowest BCUT2D eigenvalue weighted by Crippen LogP contribution is -2.06. The molecule has 0 aromatic heterocycles. The summed E-state index contributed by atoms with van der Waals surface area (Å²) in [6.07, 6.45) is 7.68. The fraction of sp³-hybridized carbons (Fsp3) is 0.370. The molecule has 0 unspecified atom stereocenters. The number of hydrogen-bond acceptors (Lipinski definition) is 6. The summed E-state index contributed by atoms with van der Waals surface area (Å²) >= 11 is 0. The number of hydrogen-bond donors (Lipinski definition) is 0. The number of carbonyl (C=O) groups excluding carboxylic acids is 1. The summed E-state index contributed by atoms with van der Waals surface area (Å²) in [4.78, 5) is 11.3. The number of carbonyl (C=O) groups is 1. The van der Waals surface area contributed by atoms with Crippen LogP contribution in [0.25, 0.3) is 0 Å². The molecule has 2 aromatic carbocycles. The molecule has 33 heavy (non-hydrogen) atoms. The van der Waals surface area contributed by atoms with Crippen molar-refractivity contribution >= 4 is 17.3 Å². The molecule has 0 amide bonds. The van der Waals surface area contributed by atoms with Gasteiger partial charge in [0.15, 0.2) is 0 Å². The van der Waals surface area contributed by atoms with Gasteiger partial charge in [-0.25, -0.2) is 4.79 Å². The molecule has 0 atom stereocenters. The van der Waals surface area contributed by atoms with Crippen molar-refractivity contribution in [1.29, 1.82) is 0 Å². The maximum Gasteiger partial charge on any atom is 0.333 e. The van der Waals surface area contributed by atoms with E-state index in [0.717, 1.165) is 61.4 Å². The Bertz CT molecular complexity index is 889. The molecule has 0 saturated carbocycles. The van der Waals surface area contributed by atoms with Gasteiger partial charge in [0.1, 0.15) is 11.5 Å². The van der Waals surface area contributed by atoms with Crippen LogP contribution < -0.4 is 9.47 Å². The van der Waals surface area contributed by atoms with Gasteiger partial charge in [-0.2, -0.15) is 10.2 Å². The van der Waals surface area contributed by atoms with Gasteiger partial charge in [0, 0.05) is 5.57 Å². The molecule has 2 aromatic rings. The minimum atomic E-state index is -0.333. The maximum absolute atomic E-state index is 11.3. The first-order valence-electron chi connectivity index (χ1n) is 11.4. The van der Waals surface area contributed by atoms with E-state index in [0.29, 0.717) is 25.4 Å². The van der Waals surface area contributed by atoms with Crippen molar-refractivity contribution in [2.45, 2.75) is 45.4 Å². The van der Waals surface area contributed by atoms with Crippen LogP contribution in [0.5, 0.6) is 11.5 Å². The summed E-state index contributed by atoms with van der Waals surface area (Å²) in [6.45, 7) is 10.6. The quantitative estimate of drug-likeness (QED) is 0.0872. The van der Waals surface area contributed by atoms with Gasteiger partial charge in [-0.1, -0.05) is 12.7 Å². The fourth-order valence-corrected chi connectivity index (χ4v) is 2.77. The van der Waals surface area contributed by atoms with E-state index in [-0.39, 0.29) is 5.97 Å². The standard InChI is InChI=1S/C27H34N2O4/c1-4-5-6-8-19-31-25-15-11-23(12-16-25)28-29-24-13-17-26(18-14-24)32-20-9-7-10-21-33-27(30)22(2)3/h4,11-18H,1-2,5-10,19-21H2,3H3. The number of esters is 1. The zero-order chi connectivity index (χ0) is 23.7. The molecule has 0 bridgehead atoms. The van der Waals surface area contributed by atoms with Gasteiger partial charge in [-0.05, 0) is 94.0 Å². The Kier molecular flexibility index (Phi) is 12.1. The van der Waals surface area contributed by atoms with Crippen molar-refractivity contribution in [3.63, 3.8) is 0 Å². The Balaban J connectivity index is 1.64. The van der Waals surface area contributed by atoms with Gasteiger partial charge < -0.3 is 14.2 Å². The van der Waals surface area contributed by atoms with Crippen molar-refractivity contribution in [1.82, 2.24) is 0 Å². The molecular weight excluding hydrogens is 416 g/mol. The molecule has 0 aliphatic carbocycles. The molecule has 6 heteroatoms. The molecule has 0 spiro atoms. The van der Waals surface area contributed by atoms with E-state index in [4.69, 9.17) is 14.2 Å². The van der Waals surface area contributed by atoms with E-state index in [1.165, 1.54) is 0 Å². The summed E-state index contributed by atoms with van der Waals surface area (Å²) in [6, 6.07) is 15.1. The summed E-state index contributed by atoms with van der Waals surface area (Å²) in [5.74, 6) is 1.29. The van der Waals surface area contributed by atoms with Crippen LogP contribution in [0.2, 0.25) is 0 Å². The summed E-state index contributed by atoms with van der Waals surface area (Å²) in [5, 5.41) is 8.54. The van der Waals surface area contributed by atoms with Crippen LogP contribution in [0.3, 0.4) is 0 Å². The van der Waals surface area contributed by atoms with Crippen LogP contribution >= 0.6 is 0 Å². The Morgan fingerprint density at radius 3 is 1.76 bits per heavy atom. The van der Waals surface area contributed by atoms with Gasteiger partial charge in [0.25, 0.3) is 0 Å². The highest BCUT2D eigenvalue weighted by Crippen LogP contribution is 2.23. The Morgan fingerprint density at radius 1 is 0.788 bits per heavy atom. The van der Waals surface area contributed by atoms with Crippen molar-refractivity contribution in [2.75, 3.05) is 19.8 Å². The summed E-state index contributed by atoms with van der Waals surface area (Å²) in [7, 11) is 0. The summed E-state index contributed by atoms with van der Waals surface area (Å²) < 4.78 is 16.5. The third-order valence-corrected chi connectivity index (χ3v) is 4.66. The largest absolute Gasteiger partial charge is 0.494 e. The van der Waals surface area contributed by atoms with Crippen LogP contribution in [0.15, 0.2) is 83.6 Å². The number of rotatable bonds is 16. The van der Waals surface area contributed by atoms with Crippen LogP contribution in [0.4, 0.5) is 11.4 Å². The fourth-order valence-electron chi connectivity index (χ4n) is 2.77. The zero-order valence-electron chi connectivity index (χ0n) is 19.5. The van der Waals surface area contributed by atoms with Crippen LogP contribution in [-0.2, 0) is 9.53 Å². The van der Waals surface area contributed by atoms with Gasteiger partial charge in [0.05, 0.1) is 31.2 Å². The van der Waals surface area contributed by atoms with Crippen LogP contribution in [-0.4, -0.2) is 25.8 Å². The van der Waals surface area contributed by atoms with Gasteiger partial charge in [-0.15, -0.1) is 6.58 Å². The second-order valence-electron chi connectivity index (χ2n) is 7.65. The first-order valence-corrected chi connectivity index (χ1v) is 11.4. The molecule has 0 aliphatic heterocycles. The molecule has 0 fully saturated rings. The monoisotopic (exact) mass is 450 g/mol. The molecule has 0 saturated heterocycles. The van der Waals surface area contributed by atoms with E-state index >= 15 is 0 Å². The molecule has 0 aliphatic rings. The minimum absolute atomic E-state index is 0.333. The zero-order valence-corrected chi connectivity index (χ0v) is 19.5.